The lowest BCUT2D eigenvalue weighted by atomic mass is 10.2. The fourth-order valence-corrected chi connectivity index (χ4v) is 4.03. The fourth-order valence-electron chi connectivity index (χ4n) is 3.84. The van der Waals surface area contributed by atoms with E-state index in [4.69, 9.17) is 26.2 Å². The Kier molecular flexibility index (Phi) is 5.43. The Morgan fingerprint density at radius 3 is 2.67 bits per heavy atom. The van der Waals surface area contributed by atoms with Gasteiger partial charge in [0.1, 0.15) is 12.1 Å². The Morgan fingerprint density at radius 1 is 1.06 bits per heavy atom. The zero-order valence-electron chi connectivity index (χ0n) is 18.4. The number of aryl methyl sites for hydroxylation is 1. The molecular formula is C24H21ClN6O2. The van der Waals surface area contributed by atoms with Gasteiger partial charge in [0.15, 0.2) is 23.7 Å². The molecule has 0 bridgehead atoms. The second kappa shape index (κ2) is 8.55. The van der Waals surface area contributed by atoms with Crippen LogP contribution in [0.5, 0.6) is 5.75 Å². The Hall–Kier alpha value is -3.91. The molecule has 0 saturated carbocycles. The Bertz CT molecular complexity index is 1500. The molecule has 9 heteroatoms. The van der Waals surface area contributed by atoms with Crippen molar-refractivity contribution < 1.29 is 9.57 Å². The summed E-state index contributed by atoms with van der Waals surface area (Å²) in [4.78, 5) is 14.8. The molecule has 166 valence electrons. The molecule has 3 aromatic heterocycles. The minimum Gasteiger partial charge on any atom is -0.495 e. The Morgan fingerprint density at radius 2 is 1.85 bits per heavy atom. The van der Waals surface area contributed by atoms with E-state index < -0.39 is 0 Å². The minimum atomic E-state index is 0.120. The van der Waals surface area contributed by atoms with Crippen LogP contribution in [0.4, 0.5) is 0 Å². The molecular weight excluding hydrogens is 440 g/mol. The van der Waals surface area contributed by atoms with Gasteiger partial charge in [0, 0.05) is 16.3 Å². The van der Waals surface area contributed by atoms with Crippen molar-refractivity contribution >= 4 is 34.5 Å². The number of benzene rings is 2. The molecule has 0 radical (unpaired) electrons. The van der Waals surface area contributed by atoms with Crippen LogP contribution < -0.4 is 4.74 Å². The van der Waals surface area contributed by atoms with Gasteiger partial charge >= 0.3 is 0 Å². The highest BCUT2D eigenvalue weighted by atomic mass is 35.5. The van der Waals surface area contributed by atoms with Crippen molar-refractivity contribution in [3.05, 3.63) is 82.5 Å². The van der Waals surface area contributed by atoms with Crippen molar-refractivity contribution in [3.8, 4) is 11.4 Å². The second-order valence-corrected chi connectivity index (χ2v) is 7.89. The summed E-state index contributed by atoms with van der Waals surface area (Å²) in [5, 5.41) is 10.0. The van der Waals surface area contributed by atoms with Crippen molar-refractivity contribution in [3.63, 3.8) is 0 Å². The van der Waals surface area contributed by atoms with Gasteiger partial charge in [0.25, 0.3) is 0 Å². The predicted molar refractivity (Wildman–Crippen MR) is 127 cm³/mol. The molecule has 0 amide bonds. The lowest BCUT2D eigenvalue weighted by Gasteiger charge is -2.12. The van der Waals surface area contributed by atoms with Gasteiger partial charge in [-0.3, -0.25) is 4.57 Å². The predicted octanol–water partition coefficient (Wildman–Crippen LogP) is 4.90. The maximum atomic E-state index is 6.13. The Labute approximate surface area is 195 Å². The highest BCUT2D eigenvalue weighted by Gasteiger charge is 2.20. The lowest BCUT2D eigenvalue weighted by Crippen LogP contribution is -2.01. The van der Waals surface area contributed by atoms with E-state index in [1.54, 1.807) is 30.2 Å². The van der Waals surface area contributed by atoms with Gasteiger partial charge in [-0.1, -0.05) is 47.1 Å². The molecule has 0 aliphatic heterocycles. The minimum absolute atomic E-state index is 0.120. The summed E-state index contributed by atoms with van der Waals surface area (Å²) >= 11 is 6.13. The molecule has 0 fully saturated rings. The van der Waals surface area contributed by atoms with E-state index in [1.165, 1.54) is 0 Å². The van der Waals surface area contributed by atoms with Crippen molar-refractivity contribution in [2.24, 2.45) is 5.16 Å². The van der Waals surface area contributed by atoms with E-state index in [-0.39, 0.29) is 6.61 Å². The molecule has 5 rings (SSSR count). The first kappa shape index (κ1) is 21.0. The van der Waals surface area contributed by atoms with E-state index in [1.807, 2.05) is 42.5 Å². The van der Waals surface area contributed by atoms with Crippen molar-refractivity contribution in [2.75, 3.05) is 7.11 Å². The van der Waals surface area contributed by atoms with E-state index >= 15 is 0 Å². The summed E-state index contributed by atoms with van der Waals surface area (Å²) in [5.41, 5.74) is 5.33. The van der Waals surface area contributed by atoms with Gasteiger partial charge in [-0.15, -0.1) is 5.10 Å². The summed E-state index contributed by atoms with van der Waals surface area (Å²) in [6, 6.07) is 15.3. The summed E-state index contributed by atoms with van der Waals surface area (Å²) in [6.45, 7) is 4.24. The highest BCUT2D eigenvalue weighted by molar-refractivity contribution is 6.33. The summed E-state index contributed by atoms with van der Waals surface area (Å²) < 4.78 is 9.33. The standard InChI is InChI=1S/C24H21ClN6O2/c1-15-16(2)31(19-10-6-7-11-20(19)32-3)23-22(15)24-28-21(29-30(24)14-26-23)13-33-27-12-17-8-4-5-9-18(17)25/h4-12,14H,13H2,1-3H3/b27-12+. The van der Waals surface area contributed by atoms with Crippen molar-refractivity contribution in [1.82, 2.24) is 24.1 Å². The van der Waals surface area contributed by atoms with Crippen LogP contribution in [-0.4, -0.2) is 37.5 Å². The maximum Gasteiger partial charge on any atom is 0.192 e. The average Bonchev–Trinajstić information content (AvgIpc) is 3.36. The van der Waals surface area contributed by atoms with Crippen LogP contribution in [0.2, 0.25) is 5.02 Å². The number of fused-ring (bicyclic) bond motifs is 3. The number of ether oxygens (including phenoxy) is 1. The highest BCUT2D eigenvalue weighted by Crippen LogP contribution is 2.33. The summed E-state index contributed by atoms with van der Waals surface area (Å²) in [6.07, 6.45) is 3.23. The summed E-state index contributed by atoms with van der Waals surface area (Å²) in [7, 11) is 1.66. The monoisotopic (exact) mass is 460 g/mol. The van der Waals surface area contributed by atoms with E-state index in [0.29, 0.717) is 16.5 Å². The number of nitrogens with zero attached hydrogens (tertiary/aromatic N) is 6. The number of halogens is 1. The van der Waals surface area contributed by atoms with Crippen LogP contribution in [0, 0.1) is 13.8 Å². The zero-order chi connectivity index (χ0) is 22.9. The van der Waals surface area contributed by atoms with Gasteiger partial charge in [-0.25, -0.2) is 14.5 Å². The number of rotatable bonds is 6. The van der Waals surface area contributed by atoms with Crippen LogP contribution in [0.1, 0.15) is 22.6 Å². The SMILES string of the molecule is COc1ccccc1-n1c(C)c(C)c2c1ncn1nc(CO/N=C/c3ccccc3Cl)nc21. The fraction of sp³-hybridized carbons (Fsp3) is 0.167. The quantitative estimate of drug-likeness (QED) is 0.266. The van der Waals surface area contributed by atoms with Crippen molar-refractivity contribution in [2.45, 2.75) is 20.5 Å². The number of hydrogen-bond acceptors (Lipinski definition) is 6. The van der Waals surface area contributed by atoms with Crippen LogP contribution >= 0.6 is 11.6 Å². The molecule has 3 heterocycles. The van der Waals surface area contributed by atoms with E-state index in [2.05, 4.69) is 33.7 Å². The number of oxime groups is 1. The molecule has 0 aliphatic rings. The zero-order valence-corrected chi connectivity index (χ0v) is 19.1. The molecule has 33 heavy (non-hydrogen) atoms. The molecule has 0 unspecified atom stereocenters. The van der Waals surface area contributed by atoms with Crippen LogP contribution in [-0.2, 0) is 11.4 Å². The number of aromatic nitrogens is 5. The third-order valence-corrected chi connectivity index (χ3v) is 5.91. The summed E-state index contributed by atoms with van der Waals surface area (Å²) in [5.74, 6) is 1.27. The van der Waals surface area contributed by atoms with Gasteiger partial charge in [-0.2, -0.15) is 0 Å². The smallest absolute Gasteiger partial charge is 0.192 e. The molecule has 5 aromatic rings. The van der Waals surface area contributed by atoms with Gasteiger partial charge < -0.3 is 9.57 Å². The first-order chi connectivity index (χ1) is 16.1. The van der Waals surface area contributed by atoms with Crippen LogP contribution in [0.3, 0.4) is 0 Å². The number of para-hydroxylation sites is 2. The third kappa shape index (κ3) is 3.68. The number of hydrogen-bond donors (Lipinski definition) is 0. The van der Waals surface area contributed by atoms with E-state index in [0.717, 1.165) is 39.3 Å². The molecule has 0 atom stereocenters. The van der Waals surface area contributed by atoms with E-state index in [9.17, 15) is 0 Å². The molecule has 0 N–H and O–H groups in total. The Balaban J connectivity index is 1.50. The molecule has 2 aromatic carbocycles. The van der Waals surface area contributed by atoms with Gasteiger partial charge in [0.2, 0.25) is 0 Å². The second-order valence-electron chi connectivity index (χ2n) is 7.49. The van der Waals surface area contributed by atoms with Gasteiger partial charge in [-0.05, 0) is 37.6 Å². The number of methoxy groups -OCH3 is 1. The molecule has 0 spiro atoms. The van der Waals surface area contributed by atoms with Gasteiger partial charge in [0.05, 0.1) is 24.4 Å². The van der Waals surface area contributed by atoms with Crippen molar-refractivity contribution in [1.29, 1.82) is 0 Å². The molecule has 0 saturated heterocycles. The first-order valence-electron chi connectivity index (χ1n) is 10.3. The topological polar surface area (TPSA) is 78.8 Å². The molecule has 8 nitrogen and oxygen atoms in total. The van der Waals surface area contributed by atoms with Crippen LogP contribution in [0.25, 0.3) is 22.4 Å². The maximum absolute atomic E-state index is 6.13. The third-order valence-electron chi connectivity index (χ3n) is 5.57. The lowest BCUT2D eigenvalue weighted by molar-refractivity contribution is 0.126. The average molecular weight is 461 g/mol. The van der Waals surface area contributed by atoms with Crippen LogP contribution in [0.15, 0.2) is 60.0 Å². The largest absolute Gasteiger partial charge is 0.495 e. The first-order valence-corrected chi connectivity index (χ1v) is 10.7. The normalized spacial score (nSPS) is 11.6. The molecule has 0 aliphatic carbocycles.